The molecule has 1 aliphatic carbocycles. The van der Waals surface area contributed by atoms with Crippen molar-refractivity contribution in [1.82, 2.24) is 10.2 Å². The second-order valence-electron chi connectivity index (χ2n) is 6.30. The van der Waals surface area contributed by atoms with Crippen LogP contribution in [-0.4, -0.2) is 37.6 Å². The number of hydrogen-bond acceptors (Lipinski definition) is 2. The molecule has 0 aromatic carbocycles. The van der Waals surface area contributed by atoms with Crippen LogP contribution in [0.3, 0.4) is 0 Å². The van der Waals surface area contributed by atoms with Crippen molar-refractivity contribution in [2.24, 2.45) is 11.8 Å². The van der Waals surface area contributed by atoms with Crippen LogP contribution >= 0.6 is 0 Å². The number of likely N-dealkylation sites (N-methyl/N-ethyl adjacent to an activating group) is 1. The minimum absolute atomic E-state index is 0.695. The second-order valence-corrected chi connectivity index (χ2v) is 6.30. The first-order chi connectivity index (χ1) is 8.62. The van der Waals surface area contributed by atoms with Crippen molar-refractivity contribution in [2.45, 2.75) is 71.4 Å². The van der Waals surface area contributed by atoms with Gasteiger partial charge in [-0.05, 0) is 45.2 Å². The average Bonchev–Trinajstić information content (AvgIpc) is 2.82. The monoisotopic (exact) mass is 254 g/mol. The quantitative estimate of drug-likeness (QED) is 0.713. The van der Waals surface area contributed by atoms with Crippen LogP contribution in [0.25, 0.3) is 0 Å². The molecule has 2 nitrogen and oxygen atoms in total. The summed E-state index contributed by atoms with van der Waals surface area (Å²) in [5, 5.41) is 3.83. The van der Waals surface area contributed by atoms with E-state index >= 15 is 0 Å². The van der Waals surface area contributed by atoms with Crippen LogP contribution in [0.15, 0.2) is 0 Å². The van der Waals surface area contributed by atoms with Crippen molar-refractivity contribution < 1.29 is 0 Å². The van der Waals surface area contributed by atoms with Crippen LogP contribution in [0.1, 0.15) is 59.3 Å². The standard InChI is InChI=1S/C16H34N2/c1-6-13-9-10-15(11-13)17-12-16(18(4)5)14(7-2)8-3/h13-17H,6-12H2,1-5H3. The summed E-state index contributed by atoms with van der Waals surface area (Å²) in [6.07, 6.45) is 8.18. The molecule has 3 unspecified atom stereocenters. The van der Waals surface area contributed by atoms with Crippen molar-refractivity contribution in [2.75, 3.05) is 20.6 Å². The first-order valence-corrected chi connectivity index (χ1v) is 8.02. The summed E-state index contributed by atoms with van der Waals surface area (Å²) in [6, 6.07) is 1.48. The van der Waals surface area contributed by atoms with E-state index in [9.17, 15) is 0 Å². The van der Waals surface area contributed by atoms with Gasteiger partial charge in [0.1, 0.15) is 0 Å². The lowest BCUT2D eigenvalue weighted by Crippen LogP contribution is -2.45. The molecule has 2 heteroatoms. The summed E-state index contributed by atoms with van der Waals surface area (Å²) in [7, 11) is 4.46. The Kier molecular flexibility index (Phi) is 7.25. The predicted molar refractivity (Wildman–Crippen MR) is 81.0 cm³/mol. The summed E-state index contributed by atoms with van der Waals surface area (Å²) >= 11 is 0. The average molecular weight is 254 g/mol. The van der Waals surface area contributed by atoms with E-state index in [4.69, 9.17) is 0 Å². The molecular weight excluding hydrogens is 220 g/mol. The summed E-state index contributed by atoms with van der Waals surface area (Å²) in [6.45, 7) is 8.15. The van der Waals surface area contributed by atoms with Crippen molar-refractivity contribution in [3.8, 4) is 0 Å². The van der Waals surface area contributed by atoms with E-state index in [1.807, 2.05) is 0 Å². The Morgan fingerprint density at radius 2 is 1.78 bits per heavy atom. The van der Waals surface area contributed by atoms with E-state index in [-0.39, 0.29) is 0 Å². The van der Waals surface area contributed by atoms with Gasteiger partial charge in [-0.15, -0.1) is 0 Å². The Balaban J connectivity index is 2.38. The Morgan fingerprint density at radius 3 is 2.22 bits per heavy atom. The molecule has 108 valence electrons. The zero-order valence-corrected chi connectivity index (χ0v) is 13.2. The third kappa shape index (κ3) is 4.55. The third-order valence-corrected chi connectivity index (χ3v) is 4.99. The minimum Gasteiger partial charge on any atom is -0.312 e. The molecule has 0 amide bonds. The normalized spacial score (nSPS) is 26.2. The first kappa shape index (κ1) is 16.0. The van der Waals surface area contributed by atoms with Gasteiger partial charge in [0.15, 0.2) is 0 Å². The maximum Gasteiger partial charge on any atom is 0.0242 e. The van der Waals surface area contributed by atoms with Gasteiger partial charge in [-0.3, -0.25) is 0 Å². The highest BCUT2D eigenvalue weighted by atomic mass is 15.1. The summed E-state index contributed by atoms with van der Waals surface area (Å²) < 4.78 is 0. The van der Waals surface area contributed by atoms with Crippen molar-refractivity contribution in [3.63, 3.8) is 0 Å². The topological polar surface area (TPSA) is 15.3 Å². The van der Waals surface area contributed by atoms with Crippen LogP contribution in [0.2, 0.25) is 0 Å². The largest absolute Gasteiger partial charge is 0.312 e. The molecule has 1 fully saturated rings. The van der Waals surface area contributed by atoms with Gasteiger partial charge in [0.05, 0.1) is 0 Å². The molecule has 3 atom stereocenters. The van der Waals surface area contributed by atoms with Crippen molar-refractivity contribution >= 4 is 0 Å². The Labute approximate surface area is 115 Å². The van der Waals surface area contributed by atoms with E-state index in [1.165, 1.54) is 45.1 Å². The van der Waals surface area contributed by atoms with E-state index in [0.717, 1.165) is 17.9 Å². The summed E-state index contributed by atoms with van der Waals surface area (Å²) in [5.41, 5.74) is 0. The fraction of sp³-hybridized carbons (Fsp3) is 1.00. The number of nitrogens with zero attached hydrogens (tertiary/aromatic N) is 1. The highest BCUT2D eigenvalue weighted by Gasteiger charge is 2.26. The molecule has 0 spiro atoms. The van der Waals surface area contributed by atoms with E-state index < -0.39 is 0 Å². The molecule has 1 aliphatic rings. The van der Waals surface area contributed by atoms with Gasteiger partial charge < -0.3 is 10.2 Å². The highest BCUT2D eigenvalue weighted by molar-refractivity contribution is 4.84. The molecule has 0 aromatic heterocycles. The molecule has 0 saturated heterocycles. The molecule has 1 N–H and O–H groups in total. The zero-order chi connectivity index (χ0) is 13.5. The lowest BCUT2D eigenvalue weighted by molar-refractivity contribution is 0.189. The third-order valence-electron chi connectivity index (χ3n) is 4.99. The van der Waals surface area contributed by atoms with Gasteiger partial charge in [0.2, 0.25) is 0 Å². The maximum absolute atomic E-state index is 3.83. The summed E-state index contributed by atoms with van der Waals surface area (Å²) in [5.74, 6) is 1.81. The molecular formula is C16H34N2. The van der Waals surface area contributed by atoms with E-state index in [2.05, 4.69) is 45.1 Å². The molecule has 1 saturated carbocycles. The van der Waals surface area contributed by atoms with Gasteiger partial charge in [-0.2, -0.15) is 0 Å². The number of rotatable bonds is 8. The molecule has 0 aromatic rings. The molecule has 0 aliphatic heterocycles. The molecule has 0 heterocycles. The Bertz CT molecular complexity index is 211. The van der Waals surface area contributed by atoms with Crippen molar-refractivity contribution in [1.29, 1.82) is 0 Å². The van der Waals surface area contributed by atoms with Gasteiger partial charge in [0.25, 0.3) is 0 Å². The highest BCUT2D eigenvalue weighted by Crippen LogP contribution is 2.28. The first-order valence-electron chi connectivity index (χ1n) is 8.02. The van der Waals surface area contributed by atoms with Crippen molar-refractivity contribution in [3.05, 3.63) is 0 Å². The predicted octanol–water partition coefficient (Wildman–Crippen LogP) is 3.52. The second kappa shape index (κ2) is 8.16. The number of nitrogens with one attached hydrogen (secondary N) is 1. The van der Waals surface area contributed by atoms with E-state index in [1.54, 1.807) is 0 Å². The van der Waals surface area contributed by atoms with Gasteiger partial charge in [0, 0.05) is 18.6 Å². The fourth-order valence-electron chi connectivity index (χ4n) is 3.52. The van der Waals surface area contributed by atoms with Crippen LogP contribution < -0.4 is 5.32 Å². The lowest BCUT2D eigenvalue weighted by Gasteiger charge is -2.32. The molecule has 1 rings (SSSR count). The van der Waals surface area contributed by atoms with Crippen LogP contribution in [0, 0.1) is 11.8 Å². The Hall–Kier alpha value is -0.0800. The molecule has 0 bridgehead atoms. The fourth-order valence-corrected chi connectivity index (χ4v) is 3.52. The van der Waals surface area contributed by atoms with Gasteiger partial charge >= 0.3 is 0 Å². The SMILES string of the molecule is CCC1CCC(NCC(C(CC)CC)N(C)C)C1. The zero-order valence-electron chi connectivity index (χ0n) is 13.2. The number of hydrogen-bond donors (Lipinski definition) is 1. The molecule has 0 radical (unpaired) electrons. The maximum atomic E-state index is 3.83. The van der Waals surface area contributed by atoms with Crippen LogP contribution in [0.5, 0.6) is 0 Å². The van der Waals surface area contributed by atoms with Gasteiger partial charge in [-0.25, -0.2) is 0 Å². The minimum atomic E-state index is 0.695. The molecule has 18 heavy (non-hydrogen) atoms. The van der Waals surface area contributed by atoms with Gasteiger partial charge in [-0.1, -0.05) is 40.0 Å². The Morgan fingerprint density at radius 1 is 1.11 bits per heavy atom. The van der Waals surface area contributed by atoms with E-state index in [0.29, 0.717) is 6.04 Å². The van der Waals surface area contributed by atoms with Crippen LogP contribution in [0.4, 0.5) is 0 Å². The smallest absolute Gasteiger partial charge is 0.0242 e. The summed E-state index contributed by atoms with van der Waals surface area (Å²) in [4.78, 5) is 2.41. The van der Waals surface area contributed by atoms with Crippen LogP contribution in [-0.2, 0) is 0 Å². The lowest BCUT2D eigenvalue weighted by atomic mass is 9.93.